The normalized spacial score (nSPS) is 14.6. The van der Waals surface area contributed by atoms with E-state index in [0.29, 0.717) is 26.3 Å². The first kappa shape index (κ1) is 24.1. The third-order valence-corrected chi connectivity index (χ3v) is 6.66. The van der Waals surface area contributed by atoms with Crippen molar-refractivity contribution < 1.29 is 18.7 Å². The summed E-state index contributed by atoms with van der Waals surface area (Å²) < 4.78 is 20.2. The first-order chi connectivity index (χ1) is 16.3. The minimum absolute atomic E-state index is 0.161. The molecule has 5 nitrogen and oxygen atoms in total. The van der Waals surface area contributed by atoms with Crippen LogP contribution in [0.25, 0.3) is 6.08 Å². The van der Waals surface area contributed by atoms with Crippen molar-refractivity contribution in [1.82, 2.24) is 0 Å². The second-order valence-corrected chi connectivity index (χ2v) is 9.95. The summed E-state index contributed by atoms with van der Waals surface area (Å²) in [5, 5.41) is 2.83. The maximum Gasteiger partial charge on any atom is 0.270 e. The fraction of sp³-hybridized carbons (Fsp3) is 0.0800. The van der Waals surface area contributed by atoms with Crippen LogP contribution in [-0.2, 0) is 9.59 Å². The van der Waals surface area contributed by atoms with E-state index in [4.69, 9.17) is 17.0 Å². The molecule has 1 saturated heterocycles. The molecule has 3 aromatic carbocycles. The molecule has 4 rings (SSSR count). The Balaban J connectivity index is 1.42. The van der Waals surface area contributed by atoms with Gasteiger partial charge in [0.05, 0.1) is 10.6 Å². The minimum Gasteiger partial charge on any atom is -0.484 e. The van der Waals surface area contributed by atoms with Crippen molar-refractivity contribution in [2.45, 2.75) is 6.92 Å². The van der Waals surface area contributed by atoms with E-state index in [2.05, 4.69) is 21.2 Å². The van der Waals surface area contributed by atoms with Crippen molar-refractivity contribution in [2.24, 2.45) is 0 Å². The lowest BCUT2D eigenvalue weighted by Crippen LogP contribution is -2.27. The number of thioether (sulfide) groups is 1. The zero-order valence-electron chi connectivity index (χ0n) is 17.9. The van der Waals surface area contributed by atoms with Crippen LogP contribution in [0, 0.1) is 12.7 Å². The SMILES string of the molecule is Cc1cc(Br)ccc1NC(=O)COc1cccc(/C=C2\SC(=S)N(c3ccc(F)cc3)C2=O)c1. The van der Waals surface area contributed by atoms with Crippen LogP contribution in [0.2, 0.25) is 0 Å². The first-order valence-corrected chi connectivity index (χ1v) is 12.1. The zero-order valence-corrected chi connectivity index (χ0v) is 21.1. The maximum atomic E-state index is 13.2. The van der Waals surface area contributed by atoms with Gasteiger partial charge in [0.15, 0.2) is 10.9 Å². The number of benzene rings is 3. The number of rotatable bonds is 6. The molecule has 1 aliphatic rings. The largest absolute Gasteiger partial charge is 0.484 e. The van der Waals surface area contributed by atoms with E-state index in [9.17, 15) is 14.0 Å². The highest BCUT2D eigenvalue weighted by Crippen LogP contribution is 2.36. The Bertz CT molecular complexity index is 1310. The van der Waals surface area contributed by atoms with E-state index >= 15 is 0 Å². The summed E-state index contributed by atoms with van der Waals surface area (Å²) in [6, 6.07) is 18.3. The Morgan fingerprint density at radius 3 is 2.68 bits per heavy atom. The molecule has 0 spiro atoms. The lowest BCUT2D eigenvalue weighted by molar-refractivity contribution is -0.118. The predicted octanol–water partition coefficient (Wildman–Crippen LogP) is 6.32. The second kappa shape index (κ2) is 10.5. The average Bonchev–Trinajstić information content (AvgIpc) is 3.08. The number of nitrogens with one attached hydrogen (secondary N) is 1. The summed E-state index contributed by atoms with van der Waals surface area (Å²) in [5.41, 5.74) is 2.88. The molecule has 0 aliphatic carbocycles. The number of amides is 2. The Kier molecular flexibility index (Phi) is 7.45. The highest BCUT2D eigenvalue weighted by atomic mass is 79.9. The van der Waals surface area contributed by atoms with E-state index in [0.717, 1.165) is 15.6 Å². The van der Waals surface area contributed by atoms with Crippen LogP contribution in [0.1, 0.15) is 11.1 Å². The summed E-state index contributed by atoms with van der Waals surface area (Å²) in [5.74, 6) is -0.458. The van der Waals surface area contributed by atoms with Gasteiger partial charge in [0.1, 0.15) is 11.6 Å². The van der Waals surface area contributed by atoms with Gasteiger partial charge < -0.3 is 10.1 Å². The molecule has 0 unspecified atom stereocenters. The van der Waals surface area contributed by atoms with Crippen molar-refractivity contribution in [2.75, 3.05) is 16.8 Å². The lowest BCUT2D eigenvalue weighted by atomic mass is 10.2. The fourth-order valence-corrected chi connectivity index (χ4v) is 5.00. The first-order valence-electron chi connectivity index (χ1n) is 10.1. The molecule has 1 fully saturated rings. The summed E-state index contributed by atoms with van der Waals surface area (Å²) in [4.78, 5) is 27.0. The van der Waals surface area contributed by atoms with Crippen LogP contribution in [0.3, 0.4) is 0 Å². The van der Waals surface area contributed by atoms with E-state index < -0.39 is 0 Å². The molecule has 2 amide bonds. The molecule has 0 atom stereocenters. The molecule has 172 valence electrons. The number of ether oxygens (including phenoxy) is 1. The third kappa shape index (κ3) is 5.72. The van der Waals surface area contributed by atoms with Crippen LogP contribution in [0.4, 0.5) is 15.8 Å². The van der Waals surface area contributed by atoms with Gasteiger partial charge in [-0.05, 0) is 78.7 Å². The van der Waals surface area contributed by atoms with Gasteiger partial charge in [0, 0.05) is 10.2 Å². The smallest absolute Gasteiger partial charge is 0.270 e. The molecule has 0 saturated carbocycles. The number of nitrogens with zero attached hydrogens (tertiary/aromatic N) is 1. The zero-order chi connectivity index (χ0) is 24.2. The van der Waals surface area contributed by atoms with Crippen LogP contribution in [-0.4, -0.2) is 22.7 Å². The van der Waals surface area contributed by atoms with Crippen LogP contribution >= 0.6 is 39.9 Å². The molecule has 9 heteroatoms. The standard InChI is InChI=1S/C25H18BrFN2O3S2/c1-15-11-17(26)5-10-21(15)28-23(30)14-32-20-4-2-3-16(12-20)13-22-24(31)29(25(33)34-22)19-8-6-18(27)7-9-19/h2-13H,14H2,1H3,(H,28,30)/b22-13-. The lowest BCUT2D eigenvalue weighted by Gasteiger charge is -2.14. The second-order valence-electron chi connectivity index (χ2n) is 7.36. The Labute approximate surface area is 214 Å². The van der Waals surface area contributed by atoms with Crippen LogP contribution < -0.4 is 15.0 Å². The van der Waals surface area contributed by atoms with Crippen molar-refractivity contribution in [3.8, 4) is 5.75 Å². The molecular weight excluding hydrogens is 539 g/mol. The molecule has 0 radical (unpaired) electrons. The number of aryl methyl sites for hydroxylation is 1. The molecule has 1 N–H and O–H groups in total. The van der Waals surface area contributed by atoms with Crippen molar-refractivity contribution in [1.29, 1.82) is 0 Å². The topological polar surface area (TPSA) is 58.6 Å². The van der Waals surface area contributed by atoms with Gasteiger partial charge in [-0.3, -0.25) is 14.5 Å². The fourth-order valence-electron chi connectivity index (χ4n) is 3.23. The van der Waals surface area contributed by atoms with Crippen molar-refractivity contribution in [3.63, 3.8) is 0 Å². The van der Waals surface area contributed by atoms with E-state index in [1.54, 1.807) is 24.3 Å². The summed E-state index contributed by atoms with van der Waals surface area (Å²) >= 11 is 9.92. The number of carbonyl (C=O) groups excluding carboxylic acids is 2. The van der Waals surface area contributed by atoms with Crippen LogP contribution in [0.15, 0.2) is 76.1 Å². The Hall–Kier alpha value is -3.01. The van der Waals surface area contributed by atoms with E-state index in [-0.39, 0.29) is 24.2 Å². The van der Waals surface area contributed by atoms with Crippen molar-refractivity contribution in [3.05, 3.63) is 93.1 Å². The highest BCUT2D eigenvalue weighted by Gasteiger charge is 2.33. The summed E-state index contributed by atoms with van der Waals surface area (Å²) in [6.07, 6.45) is 1.71. The molecule has 34 heavy (non-hydrogen) atoms. The Morgan fingerprint density at radius 2 is 1.94 bits per heavy atom. The quantitative estimate of drug-likeness (QED) is 0.284. The molecule has 3 aromatic rings. The van der Waals surface area contributed by atoms with Gasteiger partial charge in [-0.15, -0.1) is 0 Å². The maximum absolute atomic E-state index is 13.2. The number of thiocarbonyl (C=S) groups is 1. The summed E-state index contributed by atoms with van der Waals surface area (Å²) in [7, 11) is 0. The number of hydrogen-bond donors (Lipinski definition) is 1. The summed E-state index contributed by atoms with van der Waals surface area (Å²) in [6.45, 7) is 1.75. The number of carbonyl (C=O) groups is 2. The molecule has 0 bridgehead atoms. The highest BCUT2D eigenvalue weighted by molar-refractivity contribution is 9.10. The van der Waals surface area contributed by atoms with E-state index in [1.165, 1.54) is 40.9 Å². The average molecular weight is 557 g/mol. The van der Waals surface area contributed by atoms with Gasteiger partial charge in [-0.2, -0.15) is 0 Å². The van der Waals surface area contributed by atoms with Gasteiger partial charge in [0.25, 0.3) is 11.8 Å². The molecule has 1 aliphatic heterocycles. The third-order valence-electron chi connectivity index (χ3n) is 4.87. The number of hydrogen-bond acceptors (Lipinski definition) is 5. The molecule has 1 heterocycles. The molecular formula is C25H18BrFN2O3S2. The van der Waals surface area contributed by atoms with Gasteiger partial charge in [0.2, 0.25) is 0 Å². The minimum atomic E-state index is -0.387. The van der Waals surface area contributed by atoms with Crippen LogP contribution in [0.5, 0.6) is 5.75 Å². The Morgan fingerprint density at radius 1 is 1.18 bits per heavy atom. The van der Waals surface area contributed by atoms with Gasteiger partial charge >= 0.3 is 0 Å². The monoisotopic (exact) mass is 556 g/mol. The van der Waals surface area contributed by atoms with Gasteiger partial charge in [-0.25, -0.2) is 4.39 Å². The molecule has 0 aromatic heterocycles. The predicted molar refractivity (Wildman–Crippen MR) is 141 cm³/mol. The van der Waals surface area contributed by atoms with E-state index in [1.807, 2.05) is 31.2 Å². The van der Waals surface area contributed by atoms with Crippen molar-refractivity contribution >= 4 is 73.5 Å². The van der Waals surface area contributed by atoms with Gasteiger partial charge in [-0.1, -0.05) is 52.0 Å². The number of halogens is 2. The number of anilines is 2.